The minimum absolute atomic E-state index is 0.191. The van der Waals surface area contributed by atoms with Gasteiger partial charge in [0.05, 0.1) is 5.69 Å². The predicted octanol–water partition coefficient (Wildman–Crippen LogP) is 3.55. The smallest absolute Gasteiger partial charge is 0.291 e. The van der Waals surface area contributed by atoms with Crippen molar-refractivity contribution in [1.82, 2.24) is 14.5 Å². The molecule has 2 aromatic heterocycles. The zero-order valence-corrected chi connectivity index (χ0v) is 18.1. The van der Waals surface area contributed by atoms with Crippen molar-refractivity contribution in [2.24, 2.45) is 0 Å². The number of anilines is 1. The number of carbonyl (C=O) groups is 1. The fraction of sp³-hybridized carbons (Fsp3) is 0.300. The average molecular weight is 434 g/mol. The molecule has 0 aliphatic rings. The van der Waals surface area contributed by atoms with Crippen LogP contribution in [0.5, 0.6) is 0 Å². The lowest BCUT2D eigenvalue weighted by Crippen LogP contribution is -2.40. The summed E-state index contributed by atoms with van der Waals surface area (Å²) in [6.07, 6.45) is 0. The van der Waals surface area contributed by atoms with E-state index in [1.54, 1.807) is 20.8 Å². The van der Waals surface area contributed by atoms with Crippen LogP contribution in [0, 0.1) is 19.7 Å². The first kappa shape index (κ1) is 21.7. The Kier molecular flexibility index (Phi) is 5.57. The molecule has 0 bridgehead atoms. The van der Waals surface area contributed by atoms with Crippen LogP contribution in [0.2, 0.25) is 0 Å². The summed E-state index contributed by atoms with van der Waals surface area (Å²) in [5.41, 5.74) is 1.26. The van der Waals surface area contributed by atoms with Gasteiger partial charge in [-0.2, -0.15) is 5.10 Å². The number of hydrogen-bond donors (Lipinski definition) is 2. The minimum atomic E-state index is -3.91. The molecule has 0 fully saturated rings. The second-order valence-corrected chi connectivity index (χ2v) is 9.55. The van der Waals surface area contributed by atoms with Gasteiger partial charge in [0.1, 0.15) is 5.69 Å². The first-order valence-corrected chi connectivity index (χ1v) is 10.6. The van der Waals surface area contributed by atoms with E-state index < -0.39 is 27.3 Å². The van der Waals surface area contributed by atoms with Crippen molar-refractivity contribution in [2.75, 3.05) is 5.32 Å². The average Bonchev–Trinajstić information content (AvgIpc) is 3.20. The maximum absolute atomic E-state index is 14.6. The molecule has 0 radical (unpaired) electrons. The number of furan rings is 1. The maximum Gasteiger partial charge on any atom is 0.291 e. The van der Waals surface area contributed by atoms with E-state index in [0.29, 0.717) is 0 Å². The molecular weight excluding hydrogens is 411 g/mol. The van der Waals surface area contributed by atoms with E-state index in [-0.39, 0.29) is 22.2 Å². The van der Waals surface area contributed by atoms with Crippen molar-refractivity contribution < 1.29 is 22.0 Å². The lowest BCUT2D eigenvalue weighted by atomic mass is 10.1. The van der Waals surface area contributed by atoms with Crippen LogP contribution < -0.4 is 10.0 Å². The number of hydrogen-bond acceptors (Lipinski definition) is 5. The molecule has 8 nitrogen and oxygen atoms in total. The highest BCUT2D eigenvalue weighted by Gasteiger charge is 2.26. The SMILES string of the molecule is Cc1cc(C)n(-c2ccc(NC(=O)c3ccc(S(=O)(=O)NC(C)(C)C)o3)cc2F)n1. The second kappa shape index (κ2) is 7.69. The highest BCUT2D eigenvalue weighted by molar-refractivity contribution is 7.89. The molecule has 2 heterocycles. The fourth-order valence-electron chi connectivity index (χ4n) is 2.86. The van der Waals surface area contributed by atoms with Gasteiger partial charge in [0.15, 0.2) is 11.6 Å². The van der Waals surface area contributed by atoms with E-state index in [9.17, 15) is 17.6 Å². The van der Waals surface area contributed by atoms with Crippen LogP contribution in [0.3, 0.4) is 0 Å². The minimum Gasteiger partial charge on any atom is -0.438 e. The van der Waals surface area contributed by atoms with Crippen LogP contribution in [-0.4, -0.2) is 29.6 Å². The van der Waals surface area contributed by atoms with Crippen molar-refractivity contribution in [3.63, 3.8) is 0 Å². The Bertz CT molecular complexity index is 1210. The molecule has 1 amide bonds. The lowest BCUT2D eigenvalue weighted by Gasteiger charge is -2.18. The summed E-state index contributed by atoms with van der Waals surface area (Å²) >= 11 is 0. The quantitative estimate of drug-likeness (QED) is 0.639. The second-order valence-electron chi connectivity index (χ2n) is 7.93. The largest absolute Gasteiger partial charge is 0.438 e. The van der Waals surface area contributed by atoms with Gasteiger partial charge in [-0.15, -0.1) is 0 Å². The highest BCUT2D eigenvalue weighted by Crippen LogP contribution is 2.22. The van der Waals surface area contributed by atoms with Gasteiger partial charge in [-0.25, -0.2) is 22.2 Å². The number of nitrogens with zero attached hydrogens (tertiary/aromatic N) is 2. The van der Waals surface area contributed by atoms with Crippen molar-refractivity contribution >= 4 is 21.6 Å². The van der Waals surface area contributed by atoms with Crippen LogP contribution in [0.4, 0.5) is 10.1 Å². The van der Waals surface area contributed by atoms with Gasteiger partial charge in [-0.3, -0.25) is 4.79 Å². The van der Waals surface area contributed by atoms with Crippen LogP contribution >= 0.6 is 0 Å². The third-order valence-electron chi connectivity index (χ3n) is 3.95. The van der Waals surface area contributed by atoms with E-state index in [4.69, 9.17) is 4.42 Å². The molecule has 3 rings (SSSR count). The Labute approximate surface area is 174 Å². The number of amides is 1. The first-order chi connectivity index (χ1) is 13.9. The highest BCUT2D eigenvalue weighted by atomic mass is 32.2. The molecule has 10 heteroatoms. The molecule has 0 saturated carbocycles. The third kappa shape index (κ3) is 4.77. The molecule has 2 N–H and O–H groups in total. The molecule has 0 unspecified atom stereocenters. The van der Waals surface area contributed by atoms with E-state index in [0.717, 1.165) is 17.5 Å². The number of sulfonamides is 1. The zero-order chi connectivity index (χ0) is 22.3. The Morgan fingerprint density at radius 2 is 1.83 bits per heavy atom. The Morgan fingerprint density at radius 3 is 2.40 bits per heavy atom. The summed E-state index contributed by atoms with van der Waals surface area (Å²) in [4.78, 5) is 12.4. The molecule has 0 aliphatic heterocycles. The van der Waals surface area contributed by atoms with Gasteiger partial charge in [0, 0.05) is 16.9 Å². The summed E-state index contributed by atoms with van der Waals surface area (Å²) in [5, 5.41) is 6.35. The summed E-state index contributed by atoms with van der Waals surface area (Å²) in [6.45, 7) is 8.68. The van der Waals surface area contributed by atoms with Crippen LogP contribution in [0.25, 0.3) is 5.69 Å². The van der Waals surface area contributed by atoms with Crippen molar-refractivity contribution in [1.29, 1.82) is 0 Å². The number of carbonyl (C=O) groups excluding carboxylic acids is 1. The molecule has 0 saturated heterocycles. The Hall–Kier alpha value is -2.98. The number of benzene rings is 1. The maximum atomic E-state index is 14.6. The topological polar surface area (TPSA) is 106 Å². The molecule has 3 aromatic rings. The standard InChI is InChI=1S/C20H23FN4O4S/c1-12-10-13(2)25(23-12)16-7-6-14(11-15(16)21)22-19(26)17-8-9-18(29-17)30(27,28)24-20(3,4)5/h6-11,24H,1-5H3,(H,22,26). The lowest BCUT2D eigenvalue weighted by molar-refractivity contribution is 0.0991. The van der Waals surface area contributed by atoms with Gasteiger partial charge in [0.25, 0.3) is 15.9 Å². The molecule has 160 valence electrons. The summed E-state index contributed by atoms with van der Waals surface area (Å²) in [6, 6.07) is 8.43. The number of aromatic nitrogens is 2. The van der Waals surface area contributed by atoms with Gasteiger partial charge in [-0.1, -0.05) is 0 Å². The van der Waals surface area contributed by atoms with Gasteiger partial charge in [0.2, 0.25) is 5.09 Å². The number of rotatable bonds is 5. The van der Waals surface area contributed by atoms with Crippen molar-refractivity contribution in [3.05, 3.63) is 59.4 Å². The number of nitrogens with one attached hydrogen (secondary N) is 2. The molecule has 30 heavy (non-hydrogen) atoms. The number of halogens is 1. The normalized spacial score (nSPS) is 12.2. The summed E-state index contributed by atoms with van der Waals surface area (Å²) in [5.74, 6) is -1.49. The van der Waals surface area contributed by atoms with E-state index in [1.165, 1.54) is 28.9 Å². The Balaban J connectivity index is 1.78. The third-order valence-corrected chi connectivity index (χ3v) is 5.58. The molecule has 0 aliphatic carbocycles. The van der Waals surface area contributed by atoms with Crippen LogP contribution in [0.15, 0.2) is 45.9 Å². The number of aryl methyl sites for hydroxylation is 2. The van der Waals surface area contributed by atoms with Crippen molar-refractivity contribution in [3.8, 4) is 5.69 Å². The molecule has 0 spiro atoms. The predicted molar refractivity (Wildman–Crippen MR) is 110 cm³/mol. The fourth-order valence-corrected chi connectivity index (χ4v) is 4.22. The first-order valence-electron chi connectivity index (χ1n) is 9.14. The van der Waals surface area contributed by atoms with Gasteiger partial charge < -0.3 is 9.73 Å². The van der Waals surface area contributed by atoms with Gasteiger partial charge in [-0.05, 0) is 71.0 Å². The van der Waals surface area contributed by atoms with E-state index in [2.05, 4.69) is 15.1 Å². The van der Waals surface area contributed by atoms with Gasteiger partial charge >= 0.3 is 0 Å². The monoisotopic (exact) mass is 434 g/mol. The van der Waals surface area contributed by atoms with Crippen LogP contribution in [0.1, 0.15) is 42.7 Å². The van der Waals surface area contributed by atoms with E-state index >= 15 is 0 Å². The molecular formula is C20H23FN4O4S. The van der Waals surface area contributed by atoms with Crippen molar-refractivity contribution in [2.45, 2.75) is 45.2 Å². The Morgan fingerprint density at radius 1 is 1.13 bits per heavy atom. The van der Waals surface area contributed by atoms with Crippen LogP contribution in [-0.2, 0) is 10.0 Å². The summed E-state index contributed by atoms with van der Waals surface area (Å²) < 4.78 is 48.3. The molecule has 0 atom stereocenters. The molecule has 1 aromatic carbocycles. The summed E-state index contributed by atoms with van der Waals surface area (Å²) in [7, 11) is -3.91. The van der Waals surface area contributed by atoms with E-state index in [1.807, 2.05) is 19.9 Å². The zero-order valence-electron chi connectivity index (χ0n) is 17.3.